The number of rotatable bonds is 4. The monoisotopic (exact) mass is 275 g/mol. The normalized spacial score (nSPS) is 9.90. The highest BCUT2D eigenvalue weighted by Crippen LogP contribution is 2.21. The van der Waals surface area contributed by atoms with Crippen LogP contribution in [0.1, 0.15) is 11.1 Å². The molecule has 0 fully saturated rings. The third kappa shape index (κ3) is 3.01. The van der Waals surface area contributed by atoms with Gasteiger partial charge < -0.3 is 10.1 Å². The first-order valence-corrected chi connectivity index (χ1v) is 5.76. The molecule has 0 amide bonds. The summed E-state index contributed by atoms with van der Waals surface area (Å²) in [7, 11) is 1.49. The molecule has 102 valence electrons. The number of methoxy groups -OCH3 is 1. The molecule has 0 saturated heterocycles. The van der Waals surface area contributed by atoms with E-state index in [2.05, 4.69) is 10.3 Å². The largest absolute Gasteiger partial charge is 0.481 e. The topological polar surface area (TPSA) is 57.9 Å². The zero-order valence-electron chi connectivity index (χ0n) is 10.7. The maximum absolute atomic E-state index is 13.7. The summed E-state index contributed by atoms with van der Waals surface area (Å²) >= 11 is 0. The Hall–Kier alpha value is -2.68. The molecular weight excluding hydrogens is 264 g/mol. The zero-order valence-corrected chi connectivity index (χ0v) is 10.7. The molecule has 1 heterocycles. The van der Waals surface area contributed by atoms with Crippen molar-refractivity contribution in [3.05, 3.63) is 53.2 Å². The van der Waals surface area contributed by atoms with E-state index in [1.54, 1.807) is 24.4 Å². The molecule has 0 atom stereocenters. The van der Waals surface area contributed by atoms with Crippen LogP contribution in [0.2, 0.25) is 0 Å². The van der Waals surface area contributed by atoms with Crippen LogP contribution in [-0.2, 0) is 6.54 Å². The standard InChI is InChI=1S/C14H11F2N3O/c1-20-13-6-9(2-3-18-13)8-19-14-11(15)4-10(7-17)5-12(14)16/h2-6,19H,8H2,1H3. The van der Waals surface area contributed by atoms with E-state index in [0.29, 0.717) is 5.88 Å². The first kappa shape index (κ1) is 13.7. The first-order chi connectivity index (χ1) is 9.63. The minimum Gasteiger partial charge on any atom is -0.481 e. The van der Waals surface area contributed by atoms with Gasteiger partial charge in [0.05, 0.1) is 18.7 Å². The lowest BCUT2D eigenvalue weighted by atomic mass is 10.2. The summed E-state index contributed by atoms with van der Waals surface area (Å²) < 4.78 is 32.3. The lowest BCUT2D eigenvalue weighted by molar-refractivity contribution is 0.397. The van der Waals surface area contributed by atoms with Gasteiger partial charge >= 0.3 is 0 Å². The van der Waals surface area contributed by atoms with Gasteiger partial charge in [-0.25, -0.2) is 13.8 Å². The summed E-state index contributed by atoms with van der Waals surface area (Å²) in [6.45, 7) is 0.207. The van der Waals surface area contributed by atoms with Gasteiger partial charge in [-0.2, -0.15) is 5.26 Å². The van der Waals surface area contributed by atoms with Crippen LogP contribution in [0.25, 0.3) is 0 Å². The summed E-state index contributed by atoms with van der Waals surface area (Å²) in [6.07, 6.45) is 1.54. The molecule has 0 bridgehead atoms. The van der Waals surface area contributed by atoms with E-state index in [-0.39, 0.29) is 17.8 Å². The number of nitriles is 1. The van der Waals surface area contributed by atoms with Crippen molar-refractivity contribution in [3.63, 3.8) is 0 Å². The second kappa shape index (κ2) is 5.97. The SMILES string of the molecule is COc1cc(CNc2c(F)cc(C#N)cc2F)ccn1. The summed E-state index contributed by atoms with van der Waals surface area (Å²) in [5.41, 5.74) is 0.441. The van der Waals surface area contributed by atoms with Crippen LogP contribution in [0.5, 0.6) is 5.88 Å². The van der Waals surface area contributed by atoms with E-state index >= 15 is 0 Å². The van der Waals surface area contributed by atoms with Crippen LogP contribution in [-0.4, -0.2) is 12.1 Å². The molecule has 0 spiro atoms. The average molecular weight is 275 g/mol. The highest BCUT2D eigenvalue weighted by Gasteiger charge is 2.11. The maximum Gasteiger partial charge on any atom is 0.213 e. The van der Waals surface area contributed by atoms with Gasteiger partial charge in [-0.1, -0.05) is 0 Å². The molecular formula is C14H11F2N3O. The van der Waals surface area contributed by atoms with Crippen LogP contribution in [0.4, 0.5) is 14.5 Å². The summed E-state index contributed by atoms with van der Waals surface area (Å²) in [6, 6.07) is 7.02. The second-order valence-corrected chi connectivity index (χ2v) is 3.99. The van der Waals surface area contributed by atoms with E-state index in [0.717, 1.165) is 17.7 Å². The fourth-order valence-electron chi connectivity index (χ4n) is 1.67. The van der Waals surface area contributed by atoms with Crippen molar-refractivity contribution in [2.24, 2.45) is 0 Å². The quantitative estimate of drug-likeness (QED) is 0.932. The molecule has 0 aliphatic heterocycles. The predicted molar refractivity (Wildman–Crippen MR) is 69.2 cm³/mol. The number of nitrogens with one attached hydrogen (secondary N) is 1. The summed E-state index contributed by atoms with van der Waals surface area (Å²) in [5, 5.41) is 11.3. The van der Waals surface area contributed by atoms with Crippen molar-refractivity contribution in [2.75, 3.05) is 12.4 Å². The lowest BCUT2D eigenvalue weighted by Crippen LogP contribution is -2.05. The number of aromatic nitrogens is 1. The Morgan fingerprint density at radius 2 is 2.00 bits per heavy atom. The average Bonchev–Trinajstić information content (AvgIpc) is 2.46. The lowest BCUT2D eigenvalue weighted by Gasteiger charge is -2.09. The van der Waals surface area contributed by atoms with E-state index < -0.39 is 11.6 Å². The van der Waals surface area contributed by atoms with Crippen molar-refractivity contribution >= 4 is 5.69 Å². The Morgan fingerprint density at radius 1 is 1.30 bits per heavy atom. The van der Waals surface area contributed by atoms with Gasteiger partial charge in [0.1, 0.15) is 5.69 Å². The van der Waals surface area contributed by atoms with E-state index in [1.165, 1.54) is 7.11 Å². The van der Waals surface area contributed by atoms with Crippen LogP contribution >= 0.6 is 0 Å². The van der Waals surface area contributed by atoms with Gasteiger partial charge in [-0.05, 0) is 23.8 Å². The molecule has 20 heavy (non-hydrogen) atoms. The van der Waals surface area contributed by atoms with Gasteiger partial charge in [0.25, 0.3) is 0 Å². The molecule has 2 rings (SSSR count). The molecule has 1 N–H and O–H groups in total. The Bertz CT molecular complexity index is 645. The number of benzene rings is 1. The van der Waals surface area contributed by atoms with Gasteiger partial charge in [0.2, 0.25) is 5.88 Å². The molecule has 0 radical (unpaired) electrons. The van der Waals surface area contributed by atoms with Gasteiger partial charge in [-0.3, -0.25) is 0 Å². The molecule has 1 aromatic heterocycles. The highest BCUT2D eigenvalue weighted by molar-refractivity contribution is 5.50. The zero-order chi connectivity index (χ0) is 14.5. The second-order valence-electron chi connectivity index (χ2n) is 3.99. The maximum atomic E-state index is 13.7. The third-order valence-electron chi connectivity index (χ3n) is 2.65. The van der Waals surface area contributed by atoms with Crippen molar-refractivity contribution in [1.29, 1.82) is 5.26 Å². The van der Waals surface area contributed by atoms with Crippen LogP contribution in [0.3, 0.4) is 0 Å². The Labute approximate surface area is 114 Å². The molecule has 4 nitrogen and oxygen atoms in total. The first-order valence-electron chi connectivity index (χ1n) is 5.76. The van der Waals surface area contributed by atoms with Crippen LogP contribution < -0.4 is 10.1 Å². The molecule has 0 aliphatic rings. The number of halogens is 2. The van der Waals surface area contributed by atoms with Gasteiger partial charge in [0, 0.05) is 18.8 Å². The summed E-state index contributed by atoms with van der Waals surface area (Å²) in [4.78, 5) is 3.94. The number of ether oxygens (including phenoxy) is 1. The number of anilines is 1. The minimum atomic E-state index is -0.803. The van der Waals surface area contributed by atoms with Crippen molar-refractivity contribution in [2.45, 2.75) is 6.54 Å². The van der Waals surface area contributed by atoms with Crippen LogP contribution in [0.15, 0.2) is 30.5 Å². The number of nitrogens with zero attached hydrogens (tertiary/aromatic N) is 2. The Morgan fingerprint density at radius 3 is 2.60 bits per heavy atom. The fourth-order valence-corrected chi connectivity index (χ4v) is 1.67. The van der Waals surface area contributed by atoms with Crippen molar-refractivity contribution in [1.82, 2.24) is 4.98 Å². The molecule has 2 aromatic rings. The molecule has 6 heteroatoms. The third-order valence-corrected chi connectivity index (χ3v) is 2.65. The van der Waals surface area contributed by atoms with Crippen molar-refractivity contribution in [3.8, 4) is 11.9 Å². The molecule has 0 unspecified atom stereocenters. The van der Waals surface area contributed by atoms with Crippen molar-refractivity contribution < 1.29 is 13.5 Å². The van der Waals surface area contributed by atoms with Gasteiger partial charge in [0.15, 0.2) is 11.6 Å². The Kier molecular flexibility index (Phi) is 4.11. The Balaban J connectivity index is 2.17. The molecule has 0 saturated carbocycles. The van der Waals surface area contributed by atoms with Gasteiger partial charge in [-0.15, -0.1) is 0 Å². The van der Waals surface area contributed by atoms with E-state index in [4.69, 9.17) is 10.00 Å². The number of hydrogen-bond donors (Lipinski definition) is 1. The van der Waals surface area contributed by atoms with E-state index in [1.807, 2.05) is 0 Å². The molecule has 1 aromatic carbocycles. The highest BCUT2D eigenvalue weighted by atomic mass is 19.1. The van der Waals surface area contributed by atoms with E-state index in [9.17, 15) is 8.78 Å². The van der Waals surface area contributed by atoms with Crippen LogP contribution in [0, 0.1) is 23.0 Å². The smallest absolute Gasteiger partial charge is 0.213 e. The number of hydrogen-bond acceptors (Lipinski definition) is 4. The predicted octanol–water partition coefficient (Wildman–Crippen LogP) is 2.85. The summed E-state index contributed by atoms with van der Waals surface area (Å²) in [5.74, 6) is -1.18. The fraction of sp³-hybridized carbons (Fsp3) is 0.143. The number of pyridine rings is 1. The minimum absolute atomic E-state index is 0.0591. The molecule has 0 aliphatic carbocycles.